The summed E-state index contributed by atoms with van der Waals surface area (Å²) in [6.45, 7) is 3.79. The Balaban J connectivity index is 1.34. The van der Waals surface area contributed by atoms with E-state index in [4.69, 9.17) is 23.2 Å². The fourth-order valence-corrected chi connectivity index (χ4v) is 4.97. The van der Waals surface area contributed by atoms with Gasteiger partial charge in [-0.25, -0.2) is 0 Å². The SMILES string of the molecule is CNC(=O)c1cc(Cl)c(O)cc1N1CC(O)C(NC2CCN(Cc3ccc(Cl)cc3)CC2)C1. The quantitative estimate of drug-likeness (QED) is 0.495. The van der Waals surface area contributed by atoms with Gasteiger partial charge in [-0.05, 0) is 49.7 Å². The molecular formula is C24H30Cl2N4O3. The van der Waals surface area contributed by atoms with Crippen molar-refractivity contribution >= 4 is 34.8 Å². The van der Waals surface area contributed by atoms with Gasteiger partial charge in [0.15, 0.2) is 0 Å². The number of phenols is 1. The Bertz CT molecular complexity index is 980. The summed E-state index contributed by atoms with van der Waals surface area (Å²) in [5, 5.41) is 27.9. The van der Waals surface area contributed by atoms with E-state index in [1.807, 2.05) is 17.0 Å². The van der Waals surface area contributed by atoms with Crippen LogP contribution in [0.4, 0.5) is 5.69 Å². The second kappa shape index (κ2) is 10.5. The van der Waals surface area contributed by atoms with Crippen LogP contribution >= 0.6 is 23.2 Å². The van der Waals surface area contributed by atoms with Crippen molar-refractivity contribution in [1.29, 1.82) is 0 Å². The highest BCUT2D eigenvalue weighted by Gasteiger charge is 2.35. The second-order valence-corrected chi connectivity index (χ2v) is 9.67. The summed E-state index contributed by atoms with van der Waals surface area (Å²) in [5.74, 6) is -0.371. The molecule has 2 atom stereocenters. The predicted octanol–water partition coefficient (Wildman–Crippen LogP) is 2.86. The molecule has 2 fully saturated rings. The van der Waals surface area contributed by atoms with Crippen LogP contribution in [0.15, 0.2) is 36.4 Å². The highest BCUT2D eigenvalue weighted by Crippen LogP contribution is 2.34. The Kier molecular flexibility index (Phi) is 7.66. The largest absolute Gasteiger partial charge is 0.506 e. The van der Waals surface area contributed by atoms with E-state index in [1.54, 1.807) is 7.05 Å². The molecule has 2 aliphatic heterocycles. The van der Waals surface area contributed by atoms with Gasteiger partial charge in [0.2, 0.25) is 0 Å². The molecule has 0 aromatic heterocycles. The minimum absolute atomic E-state index is 0.0849. The standard InChI is InChI=1S/C24H30Cl2N4O3/c1-27-24(33)18-10-19(26)22(31)11-21(18)30-13-20(23(32)14-30)28-17-6-8-29(9-7-17)12-15-2-4-16(25)5-3-15/h2-5,10-11,17,20,23,28,31-32H,6-9,12-14H2,1H3,(H,27,33). The Hall–Kier alpha value is -2.03. The van der Waals surface area contributed by atoms with E-state index < -0.39 is 6.10 Å². The normalized spacial score (nSPS) is 22.0. The van der Waals surface area contributed by atoms with Crippen molar-refractivity contribution in [3.05, 3.63) is 57.6 Å². The minimum Gasteiger partial charge on any atom is -0.506 e. The summed E-state index contributed by atoms with van der Waals surface area (Å²) in [5.41, 5.74) is 2.20. The van der Waals surface area contributed by atoms with E-state index in [1.165, 1.54) is 17.7 Å². The number of anilines is 1. The summed E-state index contributed by atoms with van der Waals surface area (Å²) in [6, 6.07) is 11.2. The topological polar surface area (TPSA) is 88.1 Å². The molecule has 0 radical (unpaired) electrons. The number of hydrogen-bond acceptors (Lipinski definition) is 6. The fourth-order valence-electron chi connectivity index (χ4n) is 4.68. The Morgan fingerprint density at radius 2 is 1.82 bits per heavy atom. The fraction of sp³-hybridized carbons (Fsp3) is 0.458. The molecule has 0 spiro atoms. The number of β-amino-alcohol motifs (C(OH)–C–C–N with tert-alkyl or cyclic N) is 1. The second-order valence-electron chi connectivity index (χ2n) is 8.82. The number of piperidine rings is 1. The first kappa shape index (κ1) is 24.1. The Labute approximate surface area is 204 Å². The minimum atomic E-state index is -0.576. The lowest BCUT2D eigenvalue weighted by Gasteiger charge is -2.34. The van der Waals surface area contributed by atoms with Gasteiger partial charge in [-0.1, -0.05) is 35.3 Å². The highest BCUT2D eigenvalue weighted by atomic mass is 35.5. The van der Waals surface area contributed by atoms with Gasteiger partial charge in [-0.15, -0.1) is 0 Å². The maximum atomic E-state index is 12.3. The third kappa shape index (κ3) is 5.73. The number of aliphatic hydroxyl groups excluding tert-OH is 1. The van der Waals surface area contributed by atoms with Crippen LogP contribution < -0.4 is 15.5 Å². The molecule has 2 saturated heterocycles. The summed E-state index contributed by atoms with van der Waals surface area (Å²) in [6.07, 6.45) is 1.43. The smallest absolute Gasteiger partial charge is 0.253 e. The molecule has 178 valence electrons. The third-order valence-electron chi connectivity index (χ3n) is 6.52. The maximum absolute atomic E-state index is 12.3. The van der Waals surface area contributed by atoms with Crippen LogP contribution in [0, 0.1) is 0 Å². The number of aliphatic hydroxyl groups is 1. The lowest BCUT2D eigenvalue weighted by molar-refractivity contribution is 0.0963. The third-order valence-corrected chi connectivity index (χ3v) is 7.08. The van der Waals surface area contributed by atoms with Crippen LogP contribution in [-0.2, 0) is 6.54 Å². The number of likely N-dealkylation sites (tertiary alicyclic amines) is 1. The van der Waals surface area contributed by atoms with Gasteiger partial charge in [0.05, 0.1) is 28.4 Å². The number of halogens is 2. The van der Waals surface area contributed by atoms with Crippen molar-refractivity contribution in [1.82, 2.24) is 15.5 Å². The van der Waals surface area contributed by atoms with Crippen molar-refractivity contribution in [2.24, 2.45) is 0 Å². The van der Waals surface area contributed by atoms with Crippen LogP contribution in [0.1, 0.15) is 28.8 Å². The summed E-state index contributed by atoms with van der Waals surface area (Å²) >= 11 is 12.0. The van der Waals surface area contributed by atoms with Crippen LogP contribution in [0.3, 0.4) is 0 Å². The first-order chi connectivity index (χ1) is 15.8. The number of carbonyl (C=O) groups excluding carboxylic acids is 1. The first-order valence-corrected chi connectivity index (χ1v) is 12.0. The molecule has 2 heterocycles. The Morgan fingerprint density at radius 1 is 1.12 bits per heavy atom. The molecule has 2 aromatic carbocycles. The number of nitrogens with one attached hydrogen (secondary N) is 2. The van der Waals surface area contributed by atoms with Crippen molar-refractivity contribution in [3.8, 4) is 5.75 Å². The number of amides is 1. The molecule has 2 unspecified atom stereocenters. The van der Waals surface area contributed by atoms with Gasteiger partial charge < -0.3 is 25.7 Å². The van der Waals surface area contributed by atoms with Crippen LogP contribution in [0.5, 0.6) is 5.75 Å². The van der Waals surface area contributed by atoms with Crippen molar-refractivity contribution in [2.45, 2.75) is 37.6 Å². The molecule has 33 heavy (non-hydrogen) atoms. The van der Waals surface area contributed by atoms with Gasteiger partial charge in [0, 0.05) is 43.8 Å². The molecule has 0 aliphatic carbocycles. The summed E-state index contributed by atoms with van der Waals surface area (Å²) < 4.78 is 0. The predicted molar refractivity (Wildman–Crippen MR) is 131 cm³/mol. The van der Waals surface area contributed by atoms with Crippen LogP contribution in [0.25, 0.3) is 0 Å². The highest BCUT2D eigenvalue weighted by molar-refractivity contribution is 6.32. The molecular weight excluding hydrogens is 463 g/mol. The van der Waals surface area contributed by atoms with Crippen LogP contribution in [-0.4, -0.2) is 72.4 Å². The summed E-state index contributed by atoms with van der Waals surface area (Å²) in [4.78, 5) is 16.7. The molecule has 2 aromatic rings. The molecule has 0 bridgehead atoms. The average molecular weight is 493 g/mol. The molecule has 0 saturated carbocycles. The first-order valence-electron chi connectivity index (χ1n) is 11.2. The summed E-state index contributed by atoms with van der Waals surface area (Å²) in [7, 11) is 1.55. The van der Waals surface area contributed by atoms with Gasteiger partial charge in [0.1, 0.15) is 5.75 Å². The van der Waals surface area contributed by atoms with E-state index in [2.05, 4.69) is 27.7 Å². The van der Waals surface area contributed by atoms with E-state index in [9.17, 15) is 15.0 Å². The number of rotatable bonds is 6. The molecule has 1 amide bonds. The number of hydrogen-bond donors (Lipinski definition) is 4. The number of nitrogens with zero attached hydrogens (tertiary/aromatic N) is 2. The molecule has 4 N–H and O–H groups in total. The lowest BCUT2D eigenvalue weighted by atomic mass is 10.0. The van der Waals surface area contributed by atoms with Gasteiger partial charge in [-0.2, -0.15) is 0 Å². The molecule has 7 nitrogen and oxygen atoms in total. The van der Waals surface area contributed by atoms with Gasteiger partial charge in [0.25, 0.3) is 5.91 Å². The number of phenolic OH excluding ortho intramolecular Hbond substituents is 1. The molecule has 4 rings (SSSR count). The van der Waals surface area contributed by atoms with E-state index in [0.29, 0.717) is 30.4 Å². The van der Waals surface area contributed by atoms with Crippen molar-refractivity contribution < 1.29 is 15.0 Å². The molecule has 9 heteroatoms. The van der Waals surface area contributed by atoms with Crippen molar-refractivity contribution in [3.63, 3.8) is 0 Å². The van der Waals surface area contributed by atoms with Gasteiger partial charge >= 0.3 is 0 Å². The average Bonchev–Trinajstić information content (AvgIpc) is 3.17. The van der Waals surface area contributed by atoms with E-state index >= 15 is 0 Å². The van der Waals surface area contributed by atoms with E-state index in [-0.39, 0.29) is 22.7 Å². The monoisotopic (exact) mass is 492 g/mol. The zero-order chi connectivity index (χ0) is 23.5. The zero-order valence-electron chi connectivity index (χ0n) is 18.6. The van der Waals surface area contributed by atoms with Crippen molar-refractivity contribution in [2.75, 3.05) is 38.1 Å². The zero-order valence-corrected chi connectivity index (χ0v) is 20.1. The molecule has 2 aliphatic rings. The number of benzene rings is 2. The van der Waals surface area contributed by atoms with E-state index in [0.717, 1.165) is 37.5 Å². The van der Waals surface area contributed by atoms with Crippen LogP contribution in [0.2, 0.25) is 10.0 Å². The lowest BCUT2D eigenvalue weighted by Crippen LogP contribution is -2.49. The maximum Gasteiger partial charge on any atom is 0.253 e. The number of carbonyl (C=O) groups is 1. The Morgan fingerprint density at radius 3 is 2.48 bits per heavy atom. The van der Waals surface area contributed by atoms with Gasteiger partial charge in [-0.3, -0.25) is 9.69 Å². The number of aromatic hydroxyl groups is 1.